The number of rotatable bonds is 5. The molecule has 0 spiro atoms. The Balaban J connectivity index is 1.59. The van der Waals surface area contributed by atoms with Crippen LogP contribution in [0.2, 0.25) is 0 Å². The molecule has 10 nitrogen and oxygen atoms in total. The molecule has 172 valence electrons. The van der Waals surface area contributed by atoms with Gasteiger partial charge in [-0.05, 0) is 44.0 Å². The number of phenols is 1. The molecular weight excluding hydrogens is 422 g/mol. The van der Waals surface area contributed by atoms with Gasteiger partial charge in [0.25, 0.3) is 5.91 Å². The lowest BCUT2D eigenvalue weighted by molar-refractivity contribution is 0.0930. The number of nitrogens with one attached hydrogen (secondary N) is 2. The van der Waals surface area contributed by atoms with E-state index in [0.29, 0.717) is 30.3 Å². The number of amides is 1. The normalized spacial score (nSPS) is 15.4. The zero-order valence-electron chi connectivity index (χ0n) is 18.7. The van der Waals surface area contributed by atoms with Gasteiger partial charge in [-0.25, -0.2) is 4.98 Å². The summed E-state index contributed by atoms with van der Waals surface area (Å²) < 4.78 is 7.07. The number of anilines is 2. The van der Waals surface area contributed by atoms with Gasteiger partial charge in [-0.2, -0.15) is 0 Å². The maximum absolute atomic E-state index is 12.9. The van der Waals surface area contributed by atoms with Crippen molar-refractivity contribution >= 4 is 17.4 Å². The Hall–Kier alpha value is -3.66. The number of ether oxygens (including phenoxy) is 1. The van der Waals surface area contributed by atoms with E-state index >= 15 is 0 Å². The molecule has 0 atom stereocenters. The first kappa shape index (κ1) is 21.2. The Morgan fingerprint density at radius 2 is 2.03 bits per heavy atom. The maximum Gasteiger partial charge on any atom is 0.289 e. The minimum absolute atomic E-state index is 0.0626. The third-order valence-corrected chi connectivity index (χ3v) is 5.78. The first-order chi connectivity index (χ1) is 16.0. The molecule has 3 N–H and O–H groups in total. The Bertz CT molecular complexity index is 1170. The number of nitrogens with zero attached hydrogens (tertiary/aromatic N) is 5. The minimum Gasteiger partial charge on any atom is -0.507 e. The first-order valence-corrected chi connectivity index (χ1v) is 11.2. The molecule has 2 aliphatic rings. The monoisotopic (exact) mass is 449 g/mol. The summed E-state index contributed by atoms with van der Waals surface area (Å²) in [5.41, 5.74) is 3.16. The van der Waals surface area contributed by atoms with Crippen molar-refractivity contribution in [3.8, 4) is 22.8 Å². The molecule has 1 fully saturated rings. The number of aromatic hydroxyl groups is 1. The highest BCUT2D eigenvalue weighted by molar-refractivity contribution is 5.92. The van der Waals surface area contributed by atoms with Crippen LogP contribution in [0.5, 0.6) is 5.75 Å². The van der Waals surface area contributed by atoms with Crippen molar-refractivity contribution < 1.29 is 14.6 Å². The highest BCUT2D eigenvalue weighted by atomic mass is 16.5. The van der Waals surface area contributed by atoms with Crippen LogP contribution in [0.1, 0.15) is 30.0 Å². The van der Waals surface area contributed by atoms with Gasteiger partial charge in [0.15, 0.2) is 5.82 Å². The molecule has 0 bridgehead atoms. The van der Waals surface area contributed by atoms with Crippen LogP contribution in [-0.2, 0) is 11.2 Å². The quantitative estimate of drug-likeness (QED) is 0.541. The molecule has 2 aromatic heterocycles. The predicted molar refractivity (Wildman–Crippen MR) is 124 cm³/mol. The van der Waals surface area contributed by atoms with Crippen LogP contribution in [0, 0.1) is 0 Å². The summed E-state index contributed by atoms with van der Waals surface area (Å²) >= 11 is 0. The van der Waals surface area contributed by atoms with Gasteiger partial charge in [0, 0.05) is 37.4 Å². The van der Waals surface area contributed by atoms with Gasteiger partial charge in [0.2, 0.25) is 5.82 Å². The molecule has 5 rings (SSSR count). The van der Waals surface area contributed by atoms with Gasteiger partial charge in [-0.15, -0.1) is 10.2 Å². The SMILES string of the molecule is CC(C)NC(=O)c1nnc(-c2cc3c(cc2O)NCC3)n1-c1ccc(N2CCOCC2)nc1. The van der Waals surface area contributed by atoms with E-state index in [9.17, 15) is 9.90 Å². The molecule has 33 heavy (non-hydrogen) atoms. The van der Waals surface area contributed by atoms with E-state index < -0.39 is 0 Å². The lowest BCUT2D eigenvalue weighted by atomic mass is 10.1. The van der Waals surface area contributed by atoms with Crippen molar-refractivity contribution in [2.24, 2.45) is 0 Å². The maximum atomic E-state index is 12.9. The molecular formula is C23H27N7O3. The molecule has 4 heterocycles. The molecule has 2 aliphatic heterocycles. The highest BCUT2D eigenvalue weighted by Gasteiger charge is 2.25. The summed E-state index contributed by atoms with van der Waals surface area (Å²) in [6, 6.07) is 7.35. The third kappa shape index (κ3) is 4.09. The largest absolute Gasteiger partial charge is 0.507 e. The van der Waals surface area contributed by atoms with E-state index in [1.807, 2.05) is 32.0 Å². The van der Waals surface area contributed by atoms with Gasteiger partial charge in [0.1, 0.15) is 11.6 Å². The van der Waals surface area contributed by atoms with E-state index in [2.05, 4.69) is 30.7 Å². The van der Waals surface area contributed by atoms with Crippen molar-refractivity contribution in [1.29, 1.82) is 0 Å². The topological polar surface area (TPSA) is 117 Å². The lowest BCUT2D eigenvalue weighted by Crippen LogP contribution is -2.36. The zero-order valence-corrected chi connectivity index (χ0v) is 18.7. The van der Waals surface area contributed by atoms with E-state index in [1.165, 1.54) is 0 Å². The number of hydrogen-bond acceptors (Lipinski definition) is 8. The minimum atomic E-state index is -0.344. The van der Waals surface area contributed by atoms with E-state index in [1.54, 1.807) is 16.8 Å². The number of benzene rings is 1. The average molecular weight is 450 g/mol. The van der Waals surface area contributed by atoms with Crippen LogP contribution in [0.25, 0.3) is 17.1 Å². The number of aromatic nitrogens is 4. The second kappa shape index (κ2) is 8.70. The standard InChI is InChI=1S/C23H27N7O3/c1-14(2)26-23(32)22-28-27-21(17-11-15-5-6-24-18(15)12-19(17)31)30(22)16-3-4-20(25-13-16)29-7-9-33-10-8-29/h3-4,11-14,24,31H,5-10H2,1-2H3,(H,26,32). The van der Waals surface area contributed by atoms with Gasteiger partial charge >= 0.3 is 0 Å². The second-order valence-corrected chi connectivity index (χ2v) is 8.49. The molecule has 1 saturated heterocycles. The summed E-state index contributed by atoms with van der Waals surface area (Å²) in [5, 5.41) is 25.4. The van der Waals surface area contributed by atoms with Crippen LogP contribution in [0.15, 0.2) is 30.5 Å². The second-order valence-electron chi connectivity index (χ2n) is 8.49. The van der Waals surface area contributed by atoms with Gasteiger partial charge in [-0.1, -0.05) is 0 Å². The van der Waals surface area contributed by atoms with Crippen molar-refractivity contribution in [2.75, 3.05) is 43.1 Å². The Morgan fingerprint density at radius 1 is 1.21 bits per heavy atom. The van der Waals surface area contributed by atoms with Crippen molar-refractivity contribution in [3.05, 3.63) is 41.9 Å². The van der Waals surface area contributed by atoms with E-state index in [4.69, 9.17) is 4.74 Å². The van der Waals surface area contributed by atoms with Crippen LogP contribution in [0.4, 0.5) is 11.5 Å². The Labute approximate surface area is 191 Å². The predicted octanol–water partition coefficient (Wildman–Crippen LogP) is 1.98. The van der Waals surface area contributed by atoms with Crippen LogP contribution in [-0.4, -0.2) is 69.7 Å². The molecule has 1 aromatic carbocycles. The molecule has 0 unspecified atom stereocenters. The number of hydrogen-bond donors (Lipinski definition) is 3. The average Bonchev–Trinajstić information content (AvgIpc) is 3.45. The van der Waals surface area contributed by atoms with Gasteiger partial charge in [0.05, 0.1) is 30.7 Å². The smallest absolute Gasteiger partial charge is 0.289 e. The molecule has 0 saturated carbocycles. The van der Waals surface area contributed by atoms with Crippen molar-refractivity contribution in [2.45, 2.75) is 26.3 Å². The summed E-state index contributed by atoms with van der Waals surface area (Å²) in [6.45, 7) is 7.50. The van der Waals surface area contributed by atoms with Crippen molar-refractivity contribution in [3.63, 3.8) is 0 Å². The molecule has 3 aromatic rings. The van der Waals surface area contributed by atoms with Crippen LogP contribution in [0.3, 0.4) is 0 Å². The summed E-state index contributed by atoms with van der Waals surface area (Å²) in [4.78, 5) is 19.7. The number of fused-ring (bicyclic) bond motifs is 1. The lowest BCUT2D eigenvalue weighted by Gasteiger charge is -2.27. The van der Waals surface area contributed by atoms with Crippen LogP contribution < -0.4 is 15.5 Å². The van der Waals surface area contributed by atoms with Gasteiger partial charge in [-0.3, -0.25) is 9.36 Å². The zero-order chi connectivity index (χ0) is 22.9. The number of carbonyl (C=O) groups is 1. The molecule has 0 aliphatic carbocycles. The fourth-order valence-electron chi connectivity index (χ4n) is 4.18. The van der Waals surface area contributed by atoms with Crippen molar-refractivity contribution in [1.82, 2.24) is 25.1 Å². The number of morpholine rings is 1. The molecule has 10 heteroatoms. The van der Waals surface area contributed by atoms with Gasteiger partial charge < -0.3 is 25.4 Å². The fourth-order valence-corrected chi connectivity index (χ4v) is 4.18. The molecule has 0 radical (unpaired) electrons. The Morgan fingerprint density at radius 3 is 2.76 bits per heavy atom. The third-order valence-electron chi connectivity index (χ3n) is 5.78. The highest BCUT2D eigenvalue weighted by Crippen LogP contribution is 2.37. The fraction of sp³-hybridized carbons (Fsp3) is 0.391. The summed E-state index contributed by atoms with van der Waals surface area (Å²) in [7, 11) is 0. The number of pyridine rings is 1. The first-order valence-electron chi connectivity index (χ1n) is 11.2. The summed E-state index contributed by atoms with van der Waals surface area (Å²) in [5.74, 6) is 1.10. The Kier molecular flexibility index (Phi) is 5.59. The number of carbonyl (C=O) groups excluding carboxylic acids is 1. The van der Waals surface area contributed by atoms with Crippen LogP contribution >= 0.6 is 0 Å². The summed E-state index contributed by atoms with van der Waals surface area (Å²) in [6.07, 6.45) is 2.56. The van der Waals surface area contributed by atoms with E-state index in [0.717, 1.165) is 43.1 Å². The van der Waals surface area contributed by atoms with E-state index in [-0.39, 0.29) is 23.5 Å². The number of phenolic OH excluding ortho intramolecular Hbond substituents is 1. The molecule has 1 amide bonds.